The number of carbonyl (C=O) groups excluding carboxylic acids is 3. The Kier molecular flexibility index (Phi) is 5.03. The van der Waals surface area contributed by atoms with E-state index in [2.05, 4.69) is 13.0 Å². The minimum atomic E-state index is -0.233. The van der Waals surface area contributed by atoms with Crippen molar-refractivity contribution in [3.8, 4) is 0 Å². The number of carbonyl (C=O) groups is 3. The first-order valence-electron chi connectivity index (χ1n) is 11.5. The SMILES string of the molecule is CC1Cc2ccccc2N1C(=O)C1CCCCC1C(=O)N1CCN2C(=O)CCC2C1. The van der Waals surface area contributed by atoms with Gasteiger partial charge in [0.05, 0.1) is 5.92 Å². The summed E-state index contributed by atoms with van der Waals surface area (Å²) in [7, 11) is 0. The normalized spacial score (nSPS) is 31.0. The maximum atomic E-state index is 13.7. The molecule has 4 unspecified atom stereocenters. The minimum Gasteiger partial charge on any atom is -0.339 e. The maximum absolute atomic E-state index is 13.7. The highest BCUT2D eigenvalue weighted by molar-refractivity contribution is 6.00. The molecule has 4 atom stereocenters. The molecule has 160 valence electrons. The van der Waals surface area contributed by atoms with Crippen LogP contribution in [-0.4, -0.2) is 59.2 Å². The van der Waals surface area contributed by atoms with Gasteiger partial charge in [0.1, 0.15) is 0 Å². The van der Waals surface area contributed by atoms with Gasteiger partial charge in [-0.15, -0.1) is 0 Å². The summed E-state index contributed by atoms with van der Waals surface area (Å²) in [4.78, 5) is 45.0. The molecular formula is C24H31N3O3. The lowest BCUT2D eigenvalue weighted by Gasteiger charge is -2.41. The smallest absolute Gasteiger partial charge is 0.231 e. The van der Waals surface area contributed by atoms with Crippen LogP contribution in [0.4, 0.5) is 5.69 Å². The average molecular weight is 410 g/mol. The number of rotatable bonds is 2. The largest absolute Gasteiger partial charge is 0.339 e. The average Bonchev–Trinajstić information content (AvgIpc) is 3.31. The van der Waals surface area contributed by atoms with Crippen LogP contribution >= 0.6 is 0 Å². The number of fused-ring (bicyclic) bond motifs is 2. The lowest BCUT2D eigenvalue weighted by Crippen LogP contribution is -2.56. The summed E-state index contributed by atoms with van der Waals surface area (Å²) in [5, 5.41) is 0. The monoisotopic (exact) mass is 409 g/mol. The second kappa shape index (κ2) is 7.71. The van der Waals surface area contributed by atoms with Crippen LogP contribution in [0, 0.1) is 11.8 Å². The molecule has 1 aromatic carbocycles. The molecule has 0 spiro atoms. The van der Waals surface area contributed by atoms with Gasteiger partial charge in [-0.25, -0.2) is 0 Å². The quantitative estimate of drug-likeness (QED) is 0.754. The van der Waals surface area contributed by atoms with Crippen LogP contribution in [0.15, 0.2) is 24.3 Å². The van der Waals surface area contributed by atoms with Gasteiger partial charge < -0.3 is 14.7 Å². The molecule has 4 aliphatic rings. The zero-order valence-electron chi connectivity index (χ0n) is 17.8. The Morgan fingerprint density at radius 2 is 1.70 bits per heavy atom. The van der Waals surface area contributed by atoms with Gasteiger partial charge in [0.25, 0.3) is 0 Å². The van der Waals surface area contributed by atoms with Crippen LogP contribution in [0.3, 0.4) is 0 Å². The summed E-state index contributed by atoms with van der Waals surface area (Å²) in [5.74, 6) is 0.0184. The first-order valence-corrected chi connectivity index (χ1v) is 11.5. The van der Waals surface area contributed by atoms with Gasteiger partial charge in [0.2, 0.25) is 17.7 Å². The van der Waals surface area contributed by atoms with Crippen LogP contribution < -0.4 is 4.90 Å². The predicted molar refractivity (Wildman–Crippen MR) is 114 cm³/mol. The summed E-state index contributed by atoms with van der Waals surface area (Å²) in [5.41, 5.74) is 2.24. The van der Waals surface area contributed by atoms with E-state index in [-0.39, 0.29) is 41.6 Å². The lowest BCUT2D eigenvalue weighted by molar-refractivity contribution is -0.147. The molecule has 1 aliphatic carbocycles. The molecule has 1 aromatic rings. The lowest BCUT2D eigenvalue weighted by atomic mass is 9.77. The van der Waals surface area contributed by atoms with E-state index < -0.39 is 0 Å². The molecule has 0 aromatic heterocycles. The predicted octanol–water partition coefficient (Wildman–Crippen LogP) is 2.60. The highest BCUT2D eigenvalue weighted by atomic mass is 16.2. The van der Waals surface area contributed by atoms with E-state index in [1.165, 1.54) is 5.56 Å². The van der Waals surface area contributed by atoms with Crippen LogP contribution in [0.1, 0.15) is 51.0 Å². The van der Waals surface area contributed by atoms with Crippen molar-refractivity contribution < 1.29 is 14.4 Å². The number of hydrogen-bond donors (Lipinski definition) is 0. The molecule has 3 amide bonds. The summed E-state index contributed by atoms with van der Waals surface area (Å²) in [6.45, 7) is 3.97. The van der Waals surface area contributed by atoms with Crippen molar-refractivity contribution in [3.63, 3.8) is 0 Å². The Balaban J connectivity index is 1.34. The number of amides is 3. The van der Waals surface area contributed by atoms with Crippen LogP contribution in [-0.2, 0) is 20.8 Å². The molecule has 30 heavy (non-hydrogen) atoms. The number of piperazine rings is 1. The van der Waals surface area contributed by atoms with Crippen molar-refractivity contribution in [1.82, 2.24) is 9.80 Å². The summed E-state index contributed by atoms with van der Waals surface area (Å²) < 4.78 is 0. The van der Waals surface area contributed by atoms with E-state index in [9.17, 15) is 14.4 Å². The first kappa shape index (κ1) is 19.6. The van der Waals surface area contributed by atoms with Crippen LogP contribution in [0.5, 0.6) is 0 Å². The third-order valence-corrected chi connectivity index (χ3v) is 7.65. The summed E-state index contributed by atoms with van der Waals surface area (Å²) >= 11 is 0. The van der Waals surface area contributed by atoms with Gasteiger partial charge in [0, 0.05) is 49.7 Å². The van der Waals surface area contributed by atoms with Crippen molar-refractivity contribution >= 4 is 23.4 Å². The molecule has 3 aliphatic heterocycles. The highest BCUT2D eigenvalue weighted by Gasteiger charge is 2.44. The standard InChI is InChI=1S/C24H31N3O3/c1-16-14-17-6-2-5-9-21(17)27(16)24(30)20-8-4-3-7-19(20)23(29)25-12-13-26-18(15-25)10-11-22(26)28/h2,5-6,9,16,18-20H,3-4,7-8,10-15H2,1H3. The second-order valence-electron chi connectivity index (χ2n) is 9.45. The van der Waals surface area contributed by atoms with Gasteiger partial charge in [0.15, 0.2) is 0 Å². The first-order chi connectivity index (χ1) is 14.5. The van der Waals surface area contributed by atoms with E-state index in [4.69, 9.17) is 0 Å². The molecular weight excluding hydrogens is 378 g/mol. The van der Waals surface area contributed by atoms with Crippen LogP contribution in [0.2, 0.25) is 0 Å². The van der Waals surface area contributed by atoms with E-state index in [1.807, 2.05) is 32.9 Å². The maximum Gasteiger partial charge on any atom is 0.231 e. The van der Waals surface area contributed by atoms with Gasteiger partial charge in [-0.05, 0) is 44.2 Å². The summed E-state index contributed by atoms with van der Waals surface area (Å²) in [6.07, 6.45) is 5.93. The fourth-order valence-electron chi connectivity index (χ4n) is 6.10. The van der Waals surface area contributed by atoms with E-state index >= 15 is 0 Å². The van der Waals surface area contributed by atoms with Crippen molar-refractivity contribution in [1.29, 1.82) is 0 Å². The Morgan fingerprint density at radius 1 is 0.967 bits per heavy atom. The highest BCUT2D eigenvalue weighted by Crippen LogP contribution is 2.39. The van der Waals surface area contributed by atoms with E-state index in [0.717, 1.165) is 44.2 Å². The van der Waals surface area contributed by atoms with E-state index in [1.54, 1.807) is 0 Å². The Labute approximate surface area is 178 Å². The number of benzene rings is 1. The zero-order chi connectivity index (χ0) is 20.8. The van der Waals surface area contributed by atoms with Crippen molar-refractivity contribution in [2.45, 2.75) is 64.0 Å². The zero-order valence-corrected chi connectivity index (χ0v) is 17.8. The van der Waals surface area contributed by atoms with Gasteiger partial charge in [-0.1, -0.05) is 31.0 Å². The van der Waals surface area contributed by atoms with Gasteiger partial charge >= 0.3 is 0 Å². The molecule has 3 fully saturated rings. The number of nitrogens with zero attached hydrogens (tertiary/aromatic N) is 3. The summed E-state index contributed by atoms with van der Waals surface area (Å²) in [6, 6.07) is 8.46. The fourth-order valence-corrected chi connectivity index (χ4v) is 6.10. The third kappa shape index (κ3) is 3.21. The molecule has 1 saturated carbocycles. The Morgan fingerprint density at radius 3 is 2.50 bits per heavy atom. The van der Waals surface area contributed by atoms with Crippen molar-refractivity contribution in [3.05, 3.63) is 29.8 Å². The van der Waals surface area contributed by atoms with Gasteiger partial charge in [-0.3, -0.25) is 14.4 Å². The number of para-hydroxylation sites is 1. The van der Waals surface area contributed by atoms with Crippen molar-refractivity contribution in [2.24, 2.45) is 11.8 Å². The number of hydrogen-bond acceptors (Lipinski definition) is 3. The Hall–Kier alpha value is -2.37. The number of anilines is 1. The second-order valence-corrected chi connectivity index (χ2v) is 9.45. The van der Waals surface area contributed by atoms with Crippen molar-refractivity contribution in [2.75, 3.05) is 24.5 Å². The Bertz CT molecular complexity index is 869. The van der Waals surface area contributed by atoms with Crippen LogP contribution in [0.25, 0.3) is 0 Å². The molecule has 2 saturated heterocycles. The molecule has 0 radical (unpaired) electrons. The molecule has 3 heterocycles. The van der Waals surface area contributed by atoms with Gasteiger partial charge in [-0.2, -0.15) is 0 Å². The minimum absolute atomic E-state index is 0.125. The van der Waals surface area contributed by atoms with E-state index in [0.29, 0.717) is 26.1 Å². The molecule has 5 rings (SSSR count). The molecule has 0 bridgehead atoms. The molecule has 6 nitrogen and oxygen atoms in total. The third-order valence-electron chi connectivity index (χ3n) is 7.65. The fraction of sp³-hybridized carbons (Fsp3) is 0.625. The molecule has 6 heteroatoms. The topological polar surface area (TPSA) is 60.9 Å². The molecule has 0 N–H and O–H groups in total.